The summed E-state index contributed by atoms with van der Waals surface area (Å²) < 4.78 is 62.4. The standard InChI is InChI=1S/C11H11F5N2O.ClH/c1-6(19)18-8-4-2-7(3-5-8)9(17)10(12,13)11(14,15)16;/h2-5,9H,17H2,1H3,(H,18,19);1H/t9-;/m1./s1. The maximum Gasteiger partial charge on any atom is 0.455 e. The number of hydrogen-bond acceptors (Lipinski definition) is 2. The quantitative estimate of drug-likeness (QED) is 0.840. The van der Waals surface area contributed by atoms with Gasteiger partial charge >= 0.3 is 12.1 Å². The van der Waals surface area contributed by atoms with Crippen molar-refractivity contribution in [3.05, 3.63) is 29.8 Å². The molecule has 0 fully saturated rings. The average molecular weight is 319 g/mol. The second kappa shape index (κ2) is 6.36. The van der Waals surface area contributed by atoms with Crippen molar-refractivity contribution in [2.75, 3.05) is 5.32 Å². The number of halogens is 6. The molecule has 1 rings (SSSR count). The van der Waals surface area contributed by atoms with Crippen LogP contribution in [-0.2, 0) is 4.79 Å². The molecular weight excluding hydrogens is 307 g/mol. The molecule has 1 aromatic rings. The maximum absolute atomic E-state index is 13.0. The van der Waals surface area contributed by atoms with Crippen molar-refractivity contribution in [3.63, 3.8) is 0 Å². The minimum Gasteiger partial charge on any atom is -0.326 e. The number of benzene rings is 1. The van der Waals surface area contributed by atoms with Crippen LogP contribution in [-0.4, -0.2) is 18.0 Å². The fourth-order valence-electron chi connectivity index (χ4n) is 1.36. The molecule has 3 N–H and O–H groups in total. The molecule has 0 aliphatic rings. The van der Waals surface area contributed by atoms with E-state index < -0.39 is 24.0 Å². The fraction of sp³-hybridized carbons (Fsp3) is 0.364. The van der Waals surface area contributed by atoms with Crippen LogP contribution in [0.3, 0.4) is 0 Å². The molecule has 1 aromatic carbocycles. The summed E-state index contributed by atoms with van der Waals surface area (Å²) in [5.41, 5.74) is 4.85. The average Bonchev–Trinajstić information content (AvgIpc) is 2.26. The van der Waals surface area contributed by atoms with E-state index >= 15 is 0 Å². The van der Waals surface area contributed by atoms with Gasteiger partial charge in [-0.2, -0.15) is 22.0 Å². The molecule has 0 saturated heterocycles. The number of hydrogen-bond donors (Lipinski definition) is 2. The first-order chi connectivity index (χ1) is 8.55. The molecule has 0 aliphatic carbocycles. The van der Waals surface area contributed by atoms with Crippen LogP contribution >= 0.6 is 12.4 Å². The number of carbonyl (C=O) groups is 1. The van der Waals surface area contributed by atoms with Gasteiger partial charge in [0, 0.05) is 12.6 Å². The minimum atomic E-state index is -5.72. The van der Waals surface area contributed by atoms with Crippen molar-refractivity contribution in [1.82, 2.24) is 0 Å². The van der Waals surface area contributed by atoms with Crippen LogP contribution in [0.15, 0.2) is 24.3 Å². The van der Waals surface area contributed by atoms with Crippen LogP contribution in [0.25, 0.3) is 0 Å². The molecule has 20 heavy (non-hydrogen) atoms. The van der Waals surface area contributed by atoms with E-state index in [1.807, 2.05) is 0 Å². The molecule has 3 nitrogen and oxygen atoms in total. The third kappa shape index (κ3) is 4.04. The first-order valence-corrected chi connectivity index (χ1v) is 5.13. The zero-order valence-electron chi connectivity index (χ0n) is 10.2. The number of alkyl halides is 5. The van der Waals surface area contributed by atoms with Gasteiger partial charge in [0.05, 0.1) is 0 Å². The molecule has 0 spiro atoms. The Morgan fingerprint density at radius 3 is 1.95 bits per heavy atom. The summed E-state index contributed by atoms with van der Waals surface area (Å²) in [6.07, 6.45) is -5.72. The van der Waals surface area contributed by atoms with Gasteiger partial charge in [0.1, 0.15) is 6.04 Å². The van der Waals surface area contributed by atoms with E-state index in [2.05, 4.69) is 5.32 Å². The number of anilines is 1. The Kier molecular flexibility index (Phi) is 5.91. The van der Waals surface area contributed by atoms with Crippen molar-refractivity contribution >= 4 is 24.0 Å². The highest BCUT2D eigenvalue weighted by Crippen LogP contribution is 2.43. The lowest BCUT2D eigenvalue weighted by molar-refractivity contribution is -0.291. The van der Waals surface area contributed by atoms with Gasteiger partial charge in [-0.1, -0.05) is 12.1 Å². The summed E-state index contributed by atoms with van der Waals surface area (Å²) in [5, 5.41) is 2.35. The van der Waals surface area contributed by atoms with E-state index in [1.165, 1.54) is 19.1 Å². The van der Waals surface area contributed by atoms with E-state index in [0.29, 0.717) is 0 Å². The summed E-state index contributed by atoms with van der Waals surface area (Å²) >= 11 is 0. The largest absolute Gasteiger partial charge is 0.455 e. The molecule has 0 radical (unpaired) electrons. The molecule has 9 heteroatoms. The summed E-state index contributed by atoms with van der Waals surface area (Å²) in [6.45, 7) is 1.23. The minimum absolute atomic E-state index is 0. The Hall–Kier alpha value is -1.41. The summed E-state index contributed by atoms with van der Waals surface area (Å²) in [5.74, 6) is -5.42. The number of amides is 1. The molecule has 0 bridgehead atoms. The van der Waals surface area contributed by atoms with Gasteiger partial charge in [-0.3, -0.25) is 4.79 Å². The number of carbonyl (C=O) groups excluding carboxylic acids is 1. The zero-order chi connectivity index (χ0) is 14.8. The number of rotatable bonds is 3. The lowest BCUT2D eigenvalue weighted by Gasteiger charge is -2.26. The van der Waals surface area contributed by atoms with E-state index in [9.17, 15) is 26.7 Å². The highest BCUT2D eigenvalue weighted by molar-refractivity contribution is 5.88. The molecule has 0 heterocycles. The SMILES string of the molecule is CC(=O)Nc1ccc([C@@H](N)C(F)(F)C(F)(F)F)cc1.Cl. The van der Waals surface area contributed by atoms with E-state index in [1.54, 1.807) is 0 Å². The van der Waals surface area contributed by atoms with Crippen molar-refractivity contribution in [2.45, 2.75) is 25.1 Å². The molecular formula is C11H12ClF5N2O. The van der Waals surface area contributed by atoms with Crippen molar-refractivity contribution in [3.8, 4) is 0 Å². The van der Waals surface area contributed by atoms with Crippen molar-refractivity contribution < 1.29 is 26.7 Å². The highest BCUT2D eigenvalue weighted by Gasteiger charge is 2.61. The highest BCUT2D eigenvalue weighted by atomic mass is 35.5. The first-order valence-electron chi connectivity index (χ1n) is 5.13. The van der Waals surface area contributed by atoms with E-state index in [0.717, 1.165) is 12.1 Å². The smallest absolute Gasteiger partial charge is 0.326 e. The second-order valence-corrected chi connectivity index (χ2v) is 3.90. The van der Waals surface area contributed by atoms with Gasteiger partial charge < -0.3 is 11.1 Å². The fourth-order valence-corrected chi connectivity index (χ4v) is 1.36. The number of nitrogens with two attached hydrogens (primary N) is 1. The lowest BCUT2D eigenvalue weighted by Crippen LogP contribution is -2.45. The maximum atomic E-state index is 13.0. The topological polar surface area (TPSA) is 55.1 Å². The van der Waals surface area contributed by atoms with Crippen LogP contribution in [0.2, 0.25) is 0 Å². The van der Waals surface area contributed by atoms with Crippen LogP contribution in [0.4, 0.5) is 27.6 Å². The van der Waals surface area contributed by atoms with Crippen LogP contribution < -0.4 is 11.1 Å². The molecule has 0 unspecified atom stereocenters. The van der Waals surface area contributed by atoms with Gasteiger partial charge in [-0.25, -0.2) is 0 Å². The molecule has 114 valence electrons. The molecule has 0 aromatic heterocycles. The van der Waals surface area contributed by atoms with Gasteiger partial charge in [0.2, 0.25) is 5.91 Å². The third-order valence-electron chi connectivity index (χ3n) is 2.36. The van der Waals surface area contributed by atoms with Crippen LogP contribution in [0.5, 0.6) is 0 Å². The third-order valence-corrected chi connectivity index (χ3v) is 2.36. The normalized spacial score (nSPS) is 13.3. The monoisotopic (exact) mass is 318 g/mol. The van der Waals surface area contributed by atoms with Gasteiger partial charge in [-0.15, -0.1) is 12.4 Å². The van der Waals surface area contributed by atoms with Gasteiger partial charge in [0.15, 0.2) is 0 Å². The predicted molar refractivity (Wildman–Crippen MR) is 65.9 cm³/mol. The van der Waals surface area contributed by atoms with E-state index in [4.69, 9.17) is 5.73 Å². The van der Waals surface area contributed by atoms with Crippen molar-refractivity contribution in [1.29, 1.82) is 0 Å². The lowest BCUT2D eigenvalue weighted by atomic mass is 10.0. The predicted octanol–water partition coefficient (Wildman–Crippen LogP) is 3.26. The van der Waals surface area contributed by atoms with Crippen molar-refractivity contribution in [2.24, 2.45) is 5.73 Å². The zero-order valence-corrected chi connectivity index (χ0v) is 11.0. The Balaban J connectivity index is 0.00000361. The first kappa shape index (κ1) is 18.6. The second-order valence-electron chi connectivity index (χ2n) is 3.90. The Morgan fingerprint density at radius 1 is 1.15 bits per heavy atom. The van der Waals surface area contributed by atoms with E-state index in [-0.39, 0.29) is 23.7 Å². The van der Waals surface area contributed by atoms with Gasteiger partial charge in [0.25, 0.3) is 0 Å². The van der Waals surface area contributed by atoms with Crippen LogP contribution in [0.1, 0.15) is 18.5 Å². The molecule has 0 saturated carbocycles. The Morgan fingerprint density at radius 2 is 1.60 bits per heavy atom. The molecule has 1 amide bonds. The Labute approximate surface area is 117 Å². The van der Waals surface area contributed by atoms with Crippen LogP contribution in [0, 0.1) is 0 Å². The summed E-state index contributed by atoms with van der Waals surface area (Å²) in [7, 11) is 0. The van der Waals surface area contributed by atoms with Gasteiger partial charge in [-0.05, 0) is 17.7 Å². The summed E-state index contributed by atoms with van der Waals surface area (Å²) in [4.78, 5) is 10.7. The Bertz CT molecular complexity index is 461. The molecule has 0 aliphatic heterocycles. The summed E-state index contributed by atoms with van der Waals surface area (Å²) in [6, 6.07) is 1.91. The number of nitrogens with one attached hydrogen (secondary N) is 1. The molecule has 1 atom stereocenters.